The molecule has 70 valence electrons. The Bertz CT molecular complexity index is 153. The first-order valence-corrected chi connectivity index (χ1v) is 4.36. The van der Waals surface area contributed by atoms with E-state index in [1.54, 1.807) is 0 Å². The minimum atomic E-state index is -0.263. The Morgan fingerprint density at radius 3 is 2.50 bits per heavy atom. The van der Waals surface area contributed by atoms with Crippen LogP contribution in [-0.2, 0) is 0 Å². The van der Waals surface area contributed by atoms with E-state index in [-0.39, 0.29) is 12.0 Å². The molecule has 0 aromatic rings. The van der Waals surface area contributed by atoms with Gasteiger partial charge >= 0.3 is 0 Å². The Balaban J connectivity index is 3.60. The SMILES string of the molecule is CCC(O)CN(C)CC(C)C#N. The van der Waals surface area contributed by atoms with Gasteiger partial charge in [0.1, 0.15) is 0 Å². The third-order valence-electron chi connectivity index (χ3n) is 1.80. The van der Waals surface area contributed by atoms with E-state index in [2.05, 4.69) is 6.07 Å². The molecule has 0 aromatic heterocycles. The normalized spacial score (nSPS) is 15.7. The molecule has 0 rings (SSSR count). The first-order valence-electron chi connectivity index (χ1n) is 4.36. The summed E-state index contributed by atoms with van der Waals surface area (Å²) < 4.78 is 0. The number of aliphatic hydroxyl groups is 1. The smallest absolute Gasteiger partial charge is 0.0666 e. The molecule has 0 aromatic carbocycles. The number of nitrogens with zero attached hydrogens (tertiary/aromatic N) is 2. The van der Waals surface area contributed by atoms with Crippen molar-refractivity contribution in [3.63, 3.8) is 0 Å². The van der Waals surface area contributed by atoms with Crippen LogP contribution in [0.25, 0.3) is 0 Å². The number of likely N-dealkylation sites (N-methyl/N-ethyl adjacent to an activating group) is 1. The van der Waals surface area contributed by atoms with E-state index in [9.17, 15) is 5.11 Å². The van der Waals surface area contributed by atoms with Crippen molar-refractivity contribution in [3.05, 3.63) is 0 Å². The quantitative estimate of drug-likeness (QED) is 0.665. The number of nitriles is 1. The average molecular weight is 170 g/mol. The highest BCUT2D eigenvalue weighted by Gasteiger charge is 2.08. The van der Waals surface area contributed by atoms with Gasteiger partial charge in [-0.05, 0) is 20.4 Å². The van der Waals surface area contributed by atoms with Crippen LogP contribution >= 0.6 is 0 Å². The molecule has 0 bridgehead atoms. The molecule has 3 nitrogen and oxygen atoms in total. The second kappa shape index (κ2) is 5.99. The van der Waals surface area contributed by atoms with Crippen molar-refractivity contribution in [3.8, 4) is 6.07 Å². The van der Waals surface area contributed by atoms with Crippen LogP contribution < -0.4 is 0 Å². The third-order valence-corrected chi connectivity index (χ3v) is 1.80. The van der Waals surface area contributed by atoms with Crippen molar-refractivity contribution in [2.24, 2.45) is 5.92 Å². The van der Waals surface area contributed by atoms with Gasteiger partial charge in [0.15, 0.2) is 0 Å². The Kier molecular flexibility index (Phi) is 5.69. The molecule has 0 aliphatic carbocycles. The first-order chi connectivity index (χ1) is 5.60. The number of hydrogen-bond acceptors (Lipinski definition) is 3. The van der Waals surface area contributed by atoms with Gasteiger partial charge in [0.2, 0.25) is 0 Å². The minimum absolute atomic E-state index is 0.0408. The van der Waals surface area contributed by atoms with Gasteiger partial charge in [-0.3, -0.25) is 0 Å². The summed E-state index contributed by atoms with van der Waals surface area (Å²) in [5, 5.41) is 17.8. The molecule has 1 N–H and O–H groups in total. The molecular weight excluding hydrogens is 152 g/mol. The molecule has 3 heteroatoms. The summed E-state index contributed by atoms with van der Waals surface area (Å²) in [5.74, 6) is 0.0408. The lowest BCUT2D eigenvalue weighted by atomic mass is 10.2. The lowest BCUT2D eigenvalue weighted by Crippen LogP contribution is -2.31. The predicted molar refractivity (Wildman–Crippen MR) is 48.6 cm³/mol. The van der Waals surface area contributed by atoms with Crippen LogP contribution in [0.4, 0.5) is 0 Å². The van der Waals surface area contributed by atoms with Gasteiger partial charge in [0.05, 0.1) is 18.1 Å². The largest absolute Gasteiger partial charge is 0.392 e. The van der Waals surface area contributed by atoms with Crippen LogP contribution in [0.1, 0.15) is 20.3 Å². The summed E-state index contributed by atoms with van der Waals surface area (Å²) in [6, 6.07) is 2.16. The second-order valence-corrected chi connectivity index (χ2v) is 3.31. The highest BCUT2D eigenvalue weighted by Crippen LogP contribution is 1.98. The lowest BCUT2D eigenvalue weighted by Gasteiger charge is -2.20. The zero-order chi connectivity index (χ0) is 9.56. The van der Waals surface area contributed by atoms with Crippen molar-refractivity contribution >= 4 is 0 Å². The Labute approximate surface area is 74.6 Å². The standard InChI is InChI=1S/C9H18N2O/c1-4-9(12)7-11(3)6-8(2)5-10/h8-9,12H,4,6-7H2,1-3H3. The van der Waals surface area contributed by atoms with Gasteiger partial charge in [-0.1, -0.05) is 6.92 Å². The predicted octanol–water partition coefficient (Wildman–Crippen LogP) is 0.849. The van der Waals surface area contributed by atoms with Gasteiger partial charge in [-0.2, -0.15) is 5.26 Å². The van der Waals surface area contributed by atoms with E-state index in [0.717, 1.165) is 13.0 Å². The summed E-state index contributed by atoms with van der Waals surface area (Å²) in [6.07, 6.45) is 0.506. The Morgan fingerprint density at radius 2 is 2.08 bits per heavy atom. The molecule has 2 atom stereocenters. The zero-order valence-electron chi connectivity index (χ0n) is 8.12. The molecule has 0 aliphatic rings. The molecular formula is C9H18N2O. The minimum Gasteiger partial charge on any atom is -0.392 e. The maximum Gasteiger partial charge on any atom is 0.0666 e. The van der Waals surface area contributed by atoms with Crippen molar-refractivity contribution in [1.82, 2.24) is 4.90 Å². The van der Waals surface area contributed by atoms with Crippen molar-refractivity contribution in [1.29, 1.82) is 5.26 Å². The van der Waals surface area contributed by atoms with E-state index in [0.29, 0.717) is 6.54 Å². The number of hydrogen-bond donors (Lipinski definition) is 1. The van der Waals surface area contributed by atoms with Gasteiger partial charge in [-0.25, -0.2) is 0 Å². The monoisotopic (exact) mass is 170 g/mol. The Morgan fingerprint density at radius 1 is 1.50 bits per heavy atom. The molecule has 2 unspecified atom stereocenters. The number of rotatable bonds is 5. The van der Waals surface area contributed by atoms with Crippen LogP contribution in [0.15, 0.2) is 0 Å². The number of aliphatic hydroxyl groups excluding tert-OH is 1. The summed E-state index contributed by atoms with van der Waals surface area (Å²) >= 11 is 0. The van der Waals surface area contributed by atoms with Crippen molar-refractivity contribution in [2.75, 3.05) is 20.1 Å². The van der Waals surface area contributed by atoms with Crippen LogP contribution in [0, 0.1) is 17.2 Å². The molecule has 0 heterocycles. The van der Waals surface area contributed by atoms with E-state index in [1.807, 2.05) is 25.8 Å². The van der Waals surface area contributed by atoms with Gasteiger partial charge in [-0.15, -0.1) is 0 Å². The maximum absolute atomic E-state index is 9.29. The van der Waals surface area contributed by atoms with Crippen LogP contribution in [0.5, 0.6) is 0 Å². The topological polar surface area (TPSA) is 47.3 Å². The average Bonchev–Trinajstić information content (AvgIpc) is 2.03. The van der Waals surface area contributed by atoms with E-state index in [1.165, 1.54) is 0 Å². The fraction of sp³-hybridized carbons (Fsp3) is 0.889. The third kappa shape index (κ3) is 5.11. The summed E-state index contributed by atoms with van der Waals surface area (Å²) in [7, 11) is 1.92. The summed E-state index contributed by atoms with van der Waals surface area (Å²) in [6.45, 7) is 5.22. The van der Waals surface area contributed by atoms with E-state index < -0.39 is 0 Å². The fourth-order valence-electron chi connectivity index (χ4n) is 1.07. The molecule has 0 aliphatic heterocycles. The highest BCUT2D eigenvalue weighted by atomic mass is 16.3. The Hall–Kier alpha value is -0.590. The fourth-order valence-corrected chi connectivity index (χ4v) is 1.07. The summed E-state index contributed by atoms with van der Waals surface area (Å²) in [4.78, 5) is 1.99. The van der Waals surface area contributed by atoms with Gasteiger partial charge < -0.3 is 10.0 Å². The first kappa shape index (κ1) is 11.4. The molecule has 0 saturated carbocycles. The molecule has 0 radical (unpaired) electrons. The van der Waals surface area contributed by atoms with Crippen LogP contribution in [0.2, 0.25) is 0 Å². The molecule has 0 fully saturated rings. The van der Waals surface area contributed by atoms with E-state index in [4.69, 9.17) is 5.26 Å². The van der Waals surface area contributed by atoms with Gasteiger partial charge in [0.25, 0.3) is 0 Å². The van der Waals surface area contributed by atoms with Crippen LogP contribution in [0.3, 0.4) is 0 Å². The molecule has 0 spiro atoms. The van der Waals surface area contributed by atoms with Crippen LogP contribution in [-0.4, -0.2) is 36.2 Å². The maximum atomic E-state index is 9.29. The van der Waals surface area contributed by atoms with Gasteiger partial charge in [0, 0.05) is 13.1 Å². The molecule has 0 amide bonds. The highest BCUT2D eigenvalue weighted by molar-refractivity contribution is 4.80. The molecule has 12 heavy (non-hydrogen) atoms. The second-order valence-electron chi connectivity index (χ2n) is 3.31. The summed E-state index contributed by atoms with van der Waals surface area (Å²) in [5.41, 5.74) is 0. The van der Waals surface area contributed by atoms with Crippen molar-refractivity contribution < 1.29 is 5.11 Å². The van der Waals surface area contributed by atoms with Crippen molar-refractivity contribution in [2.45, 2.75) is 26.4 Å². The van der Waals surface area contributed by atoms with E-state index >= 15 is 0 Å². The molecule has 0 saturated heterocycles. The zero-order valence-corrected chi connectivity index (χ0v) is 8.12. The lowest BCUT2D eigenvalue weighted by molar-refractivity contribution is 0.119.